The lowest BCUT2D eigenvalue weighted by atomic mass is 10.0. The van der Waals surface area contributed by atoms with Crippen molar-refractivity contribution in [3.63, 3.8) is 0 Å². The molecule has 36 heavy (non-hydrogen) atoms. The van der Waals surface area contributed by atoms with Crippen LogP contribution in [0.25, 0.3) is 22.2 Å². The minimum absolute atomic E-state index is 0.126. The Labute approximate surface area is 211 Å². The Bertz CT molecular complexity index is 1430. The van der Waals surface area contributed by atoms with E-state index < -0.39 is 0 Å². The van der Waals surface area contributed by atoms with Crippen LogP contribution in [-0.2, 0) is 4.79 Å². The lowest BCUT2D eigenvalue weighted by Crippen LogP contribution is -2.48. The van der Waals surface area contributed by atoms with Crippen molar-refractivity contribution in [3.8, 4) is 11.3 Å². The number of rotatable bonds is 4. The van der Waals surface area contributed by atoms with E-state index in [9.17, 15) is 9.59 Å². The predicted molar refractivity (Wildman–Crippen MR) is 145 cm³/mol. The average Bonchev–Trinajstić information content (AvgIpc) is 3.28. The first-order chi connectivity index (χ1) is 17.3. The summed E-state index contributed by atoms with van der Waals surface area (Å²) in [4.78, 5) is 29.1. The van der Waals surface area contributed by atoms with E-state index in [4.69, 9.17) is 0 Å². The van der Waals surface area contributed by atoms with Crippen LogP contribution in [-0.4, -0.2) is 53.1 Å². The van der Waals surface area contributed by atoms with Crippen LogP contribution in [0.15, 0.2) is 54.6 Å². The zero-order valence-corrected chi connectivity index (χ0v) is 21.2. The number of carbonyl (C=O) groups is 2. The number of hydrogen-bond donors (Lipinski definition) is 2. The van der Waals surface area contributed by atoms with E-state index in [2.05, 4.69) is 44.7 Å². The minimum atomic E-state index is -0.126. The largest absolute Gasteiger partial charge is 0.368 e. The average molecular weight is 482 g/mol. The maximum Gasteiger partial charge on any atom is 0.255 e. The number of H-pyrrole nitrogens is 1. The van der Waals surface area contributed by atoms with Crippen molar-refractivity contribution in [1.82, 2.24) is 15.1 Å². The van der Waals surface area contributed by atoms with Gasteiger partial charge in [-0.2, -0.15) is 5.10 Å². The lowest BCUT2D eigenvalue weighted by molar-refractivity contribution is -0.129. The number of aromatic amines is 1. The minimum Gasteiger partial charge on any atom is -0.368 e. The van der Waals surface area contributed by atoms with Crippen LogP contribution in [0, 0.1) is 20.8 Å². The normalized spacial score (nSPS) is 13.8. The molecule has 2 N–H and O–H groups in total. The van der Waals surface area contributed by atoms with Crippen LogP contribution in [0.1, 0.15) is 34.0 Å². The van der Waals surface area contributed by atoms with Crippen LogP contribution >= 0.6 is 0 Å². The lowest BCUT2D eigenvalue weighted by Gasteiger charge is -2.35. The second-order valence-electron chi connectivity index (χ2n) is 9.55. The van der Waals surface area contributed by atoms with E-state index >= 15 is 0 Å². The van der Waals surface area contributed by atoms with Gasteiger partial charge in [-0.05, 0) is 61.7 Å². The molecule has 0 saturated carbocycles. The standard InChI is InChI=1S/C29H31N5O2/c1-18-6-5-7-19(2)27(18)30-29(36)24-17-25-26(16-20(24)3)31-32-28(25)22-8-10-23(11-9-22)34-14-12-33(13-15-34)21(4)35/h5-11,16-17H,12-15H2,1-4H3,(H,30,36)(H,31,32). The number of benzene rings is 3. The highest BCUT2D eigenvalue weighted by Crippen LogP contribution is 2.31. The van der Waals surface area contributed by atoms with Crippen molar-refractivity contribution in [2.24, 2.45) is 0 Å². The summed E-state index contributed by atoms with van der Waals surface area (Å²) in [5, 5.41) is 11.7. The van der Waals surface area contributed by atoms with E-state index in [1.807, 2.05) is 56.0 Å². The first-order valence-electron chi connectivity index (χ1n) is 12.3. The highest BCUT2D eigenvalue weighted by molar-refractivity contribution is 6.09. The fourth-order valence-electron chi connectivity index (χ4n) is 4.94. The number of carbonyl (C=O) groups excluding carboxylic acids is 2. The fraction of sp³-hybridized carbons (Fsp3) is 0.276. The van der Waals surface area contributed by atoms with Gasteiger partial charge in [-0.3, -0.25) is 14.7 Å². The Morgan fingerprint density at radius 3 is 2.19 bits per heavy atom. The number of anilines is 2. The van der Waals surface area contributed by atoms with Crippen LogP contribution in [0.5, 0.6) is 0 Å². The molecule has 0 unspecified atom stereocenters. The number of para-hydroxylation sites is 1. The summed E-state index contributed by atoms with van der Waals surface area (Å²) in [6, 6.07) is 18.2. The summed E-state index contributed by atoms with van der Waals surface area (Å²) < 4.78 is 0. The molecule has 1 saturated heterocycles. The van der Waals surface area contributed by atoms with E-state index in [-0.39, 0.29) is 11.8 Å². The summed E-state index contributed by atoms with van der Waals surface area (Å²) in [5.41, 5.74) is 8.28. The molecule has 3 aromatic carbocycles. The maximum absolute atomic E-state index is 13.3. The third kappa shape index (κ3) is 4.44. The second-order valence-corrected chi connectivity index (χ2v) is 9.55. The highest BCUT2D eigenvalue weighted by atomic mass is 16.2. The Morgan fingerprint density at radius 2 is 1.56 bits per heavy atom. The van der Waals surface area contributed by atoms with E-state index in [0.717, 1.165) is 76.4 Å². The molecule has 0 bridgehead atoms. The first kappa shape index (κ1) is 23.6. The van der Waals surface area contributed by atoms with Gasteiger partial charge in [-0.1, -0.05) is 30.3 Å². The monoisotopic (exact) mass is 481 g/mol. The van der Waals surface area contributed by atoms with Crippen molar-refractivity contribution in [2.75, 3.05) is 36.4 Å². The van der Waals surface area contributed by atoms with E-state index in [1.54, 1.807) is 6.92 Å². The first-order valence-corrected chi connectivity index (χ1v) is 12.3. The number of amides is 2. The van der Waals surface area contributed by atoms with Gasteiger partial charge < -0.3 is 15.1 Å². The van der Waals surface area contributed by atoms with Gasteiger partial charge in [0.05, 0.1) is 11.2 Å². The molecule has 184 valence electrons. The van der Waals surface area contributed by atoms with Crippen LogP contribution < -0.4 is 10.2 Å². The molecule has 0 spiro atoms. The van der Waals surface area contributed by atoms with Crippen molar-refractivity contribution < 1.29 is 9.59 Å². The Hall–Kier alpha value is -4.13. The van der Waals surface area contributed by atoms with Gasteiger partial charge in [0.25, 0.3) is 5.91 Å². The SMILES string of the molecule is CC(=O)N1CCN(c2ccc(-c3n[nH]c4cc(C)c(C(=O)Nc5c(C)cccc5C)cc34)cc2)CC1. The van der Waals surface area contributed by atoms with Crippen molar-refractivity contribution in [2.45, 2.75) is 27.7 Å². The zero-order valence-electron chi connectivity index (χ0n) is 21.2. The Balaban J connectivity index is 1.40. The van der Waals surface area contributed by atoms with Gasteiger partial charge >= 0.3 is 0 Å². The number of piperazine rings is 1. The summed E-state index contributed by atoms with van der Waals surface area (Å²) in [6.45, 7) is 10.7. The molecule has 1 fully saturated rings. The summed E-state index contributed by atoms with van der Waals surface area (Å²) in [5.74, 6) is 0.00624. The molecule has 5 rings (SSSR count). The van der Waals surface area contributed by atoms with Gasteiger partial charge in [-0.15, -0.1) is 0 Å². The summed E-state index contributed by atoms with van der Waals surface area (Å²) in [7, 11) is 0. The fourth-order valence-corrected chi connectivity index (χ4v) is 4.94. The van der Waals surface area contributed by atoms with Crippen LogP contribution in [0.3, 0.4) is 0 Å². The van der Waals surface area contributed by atoms with Gasteiger partial charge in [0, 0.05) is 61.0 Å². The molecule has 1 aromatic heterocycles. The molecule has 0 radical (unpaired) electrons. The van der Waals surface area contributed by atoms with Crippen LogP contribution in [0.2, 0.25) is 0 Å². The van der Waals surface area contributed by atoms with Gasteiger partial charge in [-0.25, -0.2) is 0 Å². The van der Waals surface area contributed by atoms with E-state index in [0.29, 0.717) is 5.56 Å². The number of hydrogen-bond acceptors (Lipinski definition) is 4. The molecule has 0 atom stereocenters. The van der Waals surface area contributed by atoms with E-state index in [1.165, 1.54) is 0 Å². The molecular weight excluding hydrogens is 450 g/mol. The Morgan fingerprint density at radius 1 is 0.889 bits per heavy atom. The second kappa shape index (κ2) is 9.49. The third-order valence-corrected chi connectivity index (χ3v) is 7.10. The number of nitrogens with zero attached hydrogens (tertiary/aromatic N) is 3. The van der Waals surface area contributed by atoms with Crippen molar-refractivity contribution in [1.29, 1.82) is 0 Å². The smallest absolute Gasteiger partial charge is 0.255 e. The van der Waals surface area contributed by atoms with Crippen LogP contribution in [0.4, 0.5) is 11.4 Å². The molecule has 4 aromatic rings. The molecule has 1 aliphatic heterocycles. The third-order valence-electron chi connectivity index (χ3n) is 7.10. The van der Waals surface area contributed by atoms with Gasteiger partial charge in [0.1, 0.15) is 0 Å². The van der Waals surface area contributed by atoms with Crippen molar-refractivity contribution >= 4 is 34.1 Å². The topological polar surface area (TPSA) is 81.3 Å². The predicted octanol–water partition coefficient (Wildman–Crippen LogP) is 5.08. The number of nitrogens with one attached hydrogen (secondary N) is 2. The molecule has 7 heteroatoms. The molecule has 0 aliphatic carbocycles. The van der Waals surface area contributed by atoms with Gasteiger partial charge in [0.15, 0.2) is 0 Å². The van der Waals surface area contributed by atoms with Gasteiger partial charge in [0.2, 0.25) is 5.91 Å². The molecular formula is C29H31N5O2. The molecule has 2 heterocycles. The zero-order chi connectivity index (χ0) is 25.4. The quantitative estimate of drug-likeness (QED) is 0.426. The summed E-state index contributed by atoms with van der Waals surface area (Å²) in [6.07, 6.45) is 0. The number of aryl methyl sites for hydroxylation is 3. The number of fused-ring (bicyclic) bond motifs is 1. The van der Waals surface area contributed by atoms with Crippen molar-refractivity contribution in [3.05, 3.63) is 76.9 Å². The Kier molecular flexibility index (Phi) is 6.22. The summed E-state index contributed by atoms with van der Waals surface area (Å²) >= 11 is 0. The maximum atomic E-state index is 13.3. The highest BCUT2D eigenvalue weighted by Gasteiger charge is 2.20. The molecule has 2 amide bonds. The number of aromatic nitrogens is 2. The molecule has 7 nitrogen and oxygen atoms in total. The molecule has 1 aliphatic rings.